The maximum Gasteiger partial charge on any atom is 0.341 e. The Morgan fingerprint density at radius 2 is 1.67 bits per heavy atom. The van der Waals surface area contributed by atoms with E-state index >= 15 is 0 Å². The number of amides is 2. The molecule has 1 unspecified atom stereocenters. The number of hydrogen-bond acceptors (Lipinski definition) is 6. The molecule has 2 saturated heterocycles. The van der Waals surface area contributed by atoms with Gasteiger partial charge in [-0.25, -0.2) is 15.2 Å². The number of hydrazine groups is 1. The molecule has 0 saturated carbocycles. The molecule has 2 aromatic rings. The molecule has 1 aromatic heterocycles. The number of urea groups is 1. The summed E-state index contributed by atoms with van der Waals surface area (Å²) in [6, 6.07) is 12.3. The fourth-order valence-corrected chi connectivity index (χ4v) is 3.86. The van der Waals surface area contributed by atoms with Crippen LogP contribution in [0.5, 0.6) is 5.75 Å². The molecule has 8 nitrogen and oxygen atoms in total. The summed E-state index contributed by atoms with van der Waals surface area (Å²) in [7, 11) is 1.69. The van der Waals surface area contributed by atoms with E-state index in [9.17, 15) is 4.79 Å². The average Bonchev–Trinajstić information content (AvgIpc) is 3.20. The lowest BCUT2D eigenvalue weighted by atomic mass is 10.2. The lowest BCUT2D eigenvalue weighted by Crippen LogP contribution is -2.46. The van der Waals surface area contributed by atoms with E-state index in [4.69, 9.17) is 4.74 Å². The van der Waals surface area contributed by atoms with E-state index in [1.54, 1.807) is 17.0 Å². The summed E-state index contributed by atoms with van der Waals surface area (Å²) < 4.78 is 5.24. The van der Waals surface area contributed by atoms with Gasteiger partial charge in [0, 0.05) is 37.9 Å². The van der Waals surface area contributed by atoms with Gasteiger partial charge in [0.05, 0.1) is 25.7 Å². The predicted molar refractivity (Wildman–Crippen MR) is 119 cm³/mol. The molecule has 0 radical (unpaired) electrons. The molecule has 2 amide bonds. The second-order valence-electron chi connectivity index (χ2n) is 7.70. The van der Waals surface area contributed by atoms with Crippen LogP contribution in [0.2, 0.25) is 0 Å². The normalized spacial score (nSPS) is 18.2. The van der Waals surface area contributed by atoms with Crippen molar-refractivity contribution in [2.75, 3.05) is 54.7 Å². The van der Waals surface area contributed by atoms with Gasteiger partial charge in [-0.15, -0.1) is 0 Å². The highest BCUT2D eigenvalue weighted by Crippen LogP contribution is 2.24. The second kappa shape index (κ2) is 8.79. The Balaban J connectivity index is 1.35. The highest BCUT2D eigenvalue weighted by Gasteiger charge is 2.32. The van der Waals surface area contributed by atoms with Gasteiger partial charge < -0.3 is 14.5 Å². The minimum Gasteiger partial charge on any atom is -0.497 e. The number of nitrogens with one attached hydrogen (secondary N) is 1. The number of rotatable bonds is 6. The summed E-state index contributed by atoms with van der Waals surface area (Å²) in [5.41, 5.74) is 5.46. The Bertz CT molecular complexity index is 849. The third-order valence-corrected chi connectivity index (χ3v) is 5.96. The molecule has 2 aliphatic rings. The van der Waals surface area contributed by atoms with Gasteiger partial charge in [-0.05, 0) is 49.7 Å². The highest BCUT2D eigenvalue weighted by atomic mass is 16.5. The Kier molecular flexibility index (Phi) is 5.94. The molecular formula is C22H30N6O2. The number of ether oxygens (including phenoxy) is 1. The van der Waals surface area contributed by atoms with Gasteiger partial charge in [-0.1, -0.05) is 6.92 Å². The van der Waals surface area contributed by atoms with Crippen LogP contribution in [-0.4, -0.2) is 62.0 Å². The van der Waals surface area contributed by atoms with Crippen LogP contribution in [0.4, 0.5) is 22.0 Å². The SMILES string of the molecule is CCC(C)N1NCN(c2ccc(N3CCN(c4ccc(OC)cc4)CC3)cn2)C1=O. The number of carbonyl (C=O) groups excluding carboxylic acids is 1. The van der Waals surface area contributed by atoms with Gasteiger partial charge in [-0.2, -0.15) is 0 Å². The zero-order valence-corrected chi connectivity index (χ0v) is 17.9. The van der Waals surface area contributed by atoms with Crippen molar-refractivity contribution < 1.29 is 9.53 Å². The van der Waals surface area contributed by atoms with Crippen LogP contribution >= 0.6 is 0 Å². The first kappa shape index (κ1) is 20.3. The van der Waals surface area contributed by atoms with E-state index in [1.807, 2.05) is 31.3 Å². The fraction of sp³-hybridized carbons (Fsp3) is 0.455. The van der Waals surface area contributed by atoms with Crippen molar-refractivity contribution in [2.24, 2.45) is 0 Å². The first-order chi connectivity index (χ1) is 14.6. The van der Waals surface area contributed by atoms with Crippen molar-refractivity contribution in [2.45, 2.75) is 26.3 Å². The molecule has 1 aromatic carbocycles. The Labute approximate surface area is 178 Å². The van der Waals surface area contributed by atoms with E-state index in [0.29, 0.717) is 12.5 Å². The third-order valence-electron chi connectivity index (χ3n) is 5.96. The van der Waals surface area contributed by atoms with Crippen LogP contribution in [0.15, 0.2) is 42.6 Å². The van der Waals surface area contributed by atoms with Gasteiger partial charge in [0.25, 0.3) is 0 Å². The number of carbonyl (C=O) groups is 1. The summed E-state index contributed by atoms with van der Waals surface area (Å²) in [6.07, 6.45) is 2.78. The van der Waals surface area contributed by atoms with Crippen LogP contribution in [0, 0.1) is 0 Å². The Morgan fingerprint density at radius 1 is 1.03 bits per heavy atom. The van der Waals surface area contributed by atoms with Gasteiger partial charge in [0.15, 0.2) is 0 Å². The van der Waals surface area contributed by atoms with Crippen LogP contribution in [0.3, 0.4) is 0 Å². The van der Waals surface area contributed by atoms with Crippen molar-refractivity contribution in [3.63, 3.8) is 0 Å². The van der Waals surface area contributed by atoms with E-state index in [2.05, 4.69) is 45.3 Å². The van der Waals surface area contributed by atoms with Gasteiger partial charge in [-0.3, -0.25) is 9.91 Å². The van der Waals surface area contributed by atoms with E-state index < -0.39 is 0 Å². The number of anilines is 3. The molecule has 8 heteroatoms. The first-order valence-corrected chi connectivity index (χ1v) is 10.5. The van der Waals surface area contributed by atoms with Crippen molar-refractivity contribution >= 4 is 23.2 Å². The van der Waals surface area contributed by atoms with Gasteiger partial charge in [0.2, 0.25) is 0 Å². The molecule has 2 fully saturated rings. The molecule has 2 aliphatic heterocycles. The van der Waals surface area contributed by atoms with E-state index in [-0.39, 0.29) is 12.1 Å². The van der Waals surface area contributed by atoms with Crippen molar-refractivity contribution in [1.29, 1.82) is 0 Å². The smallest absolute Gasteiger partial charge is 0.341 e. The van der Waals surface area contributed by atoms with Crippen molar-refractivity contribution in [3.8, 4) is 5.75 Å². The standard InChI is InChI=1S/C22H30N6O2/c1-4-17(2)28-22(29)27(16-24-28)21-10-7-19(15-23-21)26-13-11-25(12-14-26)18-5-8-20(30-3)9-6-18/h5-10,15,17,24H,4,11-14,16H2,1-3H3. The number of nitrogens with zero attached hydrogens (tertiary/aromatic N) is 5. The summed E-state index contributed by atoms with van der Waals surface area (Å²) in [5, 5.41) is 1.69. The number of aromatic nitrogens is 1. The zero-order chi connectivity index (χ0) is 21.1. The monoisotopic (exact) mass is 410 g/mol. The molecule has 0 aliphatic carbocycles. The number of piperazine rings is 1. The highest BCUT2D eigenvalue weighted by molar-refractivity contribution is 5.92. The van der Waals surface area contributed by atoms with Crippen LogP contribution in [0.25, 0.3) is 0 Å². The number of hydrogen-bond donors (Lipinski definition) is 1. The number of benzene rings is 1. The molecule has 0 bridgehead atoms. The number of methoxy groups -OCH3 is 1. The lowest BCUT2D eigenvalue weighted by Gasteiger charge is -2.37. The molecule has 0 spiro atoms. The molecular weight excluding hydrogens is 380 g/mol. The minimum atomic E-state index is -0.0438. The largest absolute Gasteiger partial charge is 0.497 e. The van der Waals surface area contributed by atoms with Crippen LogP contribution in [0.1, 0.15) is 20.3 Å². The molecule has 30 heavy (non-hydrogen) atoms. The van der Waals surface area contributed by atoms with Crippen molar-refractivity contribution in [3.05, 3.63) is 42.6 Å². The summed E-state index contributed by atoms with van der Waals surface area (Å²) in [5.74, 6) is 1.56. The zero-order valence-electron chi connectivity index (χ0n) is 17.9. The summed E-state index contributed by atoms with van der Waals surface area (Å²) in [6.45, 7) is 8.33. The van der Waals surface area contributed by atoms with Crippen LogP contribution < -0.4 is 24.9 Å². The lowest BCUT2D eigenvalue weighted by molar-refractivity contribution is 0.176. The van der Waals surface area contributed by atoms with Crippen LogP contribution in [-0.2, 0) is 0 Å². The molecule has 1 N–H and O–H groups in total. The van der Waals surface area contributed by atoms with E-state index in [0.717, 1.165) is 44.0 Å². The Morgan fingerprint density at radius 3 is 2.23 bits per heavy atom. The quantitative estimate of drug-likeness (QED) is 0.790. The first-order valence-electron chi connectivity index (χ1n) is 10.5. The molecule has 4 rings (SSSR count). The van der Waals surface area contributed by atoms with E-state index in [1.165, 1.54) is 5.69 Å². The average molecular weight is 411 g/mol. The molecule has 1 atom stereocenters. The summed E-state index contributed by atoms with van der Waals surface area (Å²) >= 11 is 0. The second-order valence-corrected chi connectivity index (χ2v) is 7.70. The fourth-order valence-electron chi connectivity index (χ4n) is 3.86. The third kappa shape index (κ3) is 4.00. The Hall–Kier alpha value is -3.00. The van der Waals surface area contributed by atoms with Gasteiger partial charge >= 0.3 is 6.03 Å². The topological polar surface area (TPSA) is 64.2 Å². The predicted octanol–water partition coefficient (Wildman–Crippen LogP) is 2.92. The summed E-state index contributed by atoms with van der Waals surface area (Å²) in [4.78, 5) is 23.6. The maximum absolute atomic E-state index is 12.6. The maximum atomic E-state index is 12.6. The van der Waals surface area contributed by atoms with Gasteiger partial charge in [0.1, 0.15) is 11.6 Å². The number of pyridine rings is 1. The molecule has 3 heterocycles. The van der Waals surface area contributed by atoms with Crippen molar-refractivity contribution in [1.82, 2.24) is 15.4 Å². The molecule has 160 valence electrons. The minimum absolute atomic E-state index is 0.0438.